The molecule has 0 atom stereocenters. The van der Waals surface area contributed by atoms with Crippen LogP contribution in [0.5, 0.6) is 0 Å². The van der Waals surface area contributed by atoms with Gasteiger partial charge in [-0.1, -0.05) is 0 Å². The van der Waals surface area contributed by atoms with Crippen LogP contribution < -0.4 is 16.4 Å². The number of carbonyl (C=O) groups excluding carboxylic acids is 2. The first kappa shape index (κ1) is 12.2. The molecule has 86 valence electrons. The van der Waals surface area contributed by atoms with E-state index in [0.29, 0.717) is 5.69 Å². The fourth-order valence-electron chi connectivity index (χ4n) is 1.28. The van der Waals surface area contributed by atoms with Crippen LogP contribution in [0, 0.1) is 6.92 Å². The molecule has 1 aromatic carbocycles. The van der Waals surface area contributed by atoms with Gasteiger partial charge in [0.15, 0.2) is 0 Å². The van der Waals surface area contributed by atoms with Gasteiger partial charge in [-0.3, -0.25) is 9.59 Å². The van der Waals surface area contributed by atoms with Gasteiger partial charge in [0.05, 0.1) is 6.54 Å². The Balaban J connectivity index is 2.82. The minimum atomic E-state index is -0.244. The van der Waals surface area contributed by atoms with Gasteiger partial charge in [0, 0.05) is 18.3 Å². The number of carbonyl (C=O) groups is 2. The molecule has 0 saturated carbocycles. The van der Waals surface area contributed by atoms with Crippen LogP contribution in [-0.2, 0) is 9.59 Å². The molecule has 1 rings (SSSR count). The second kappa shape index (κ2) is 5.27. The van der Waals surface area contributed by atoms with Gasteiger partial charge in [-0.25, -0.2) is 0 Å². The van der Waals surface area contributed by atoms with E-state index in [1.54, 1.807) is 18.2 Å². The monoisotopic (exact) mass is 221 g/mol. The summed E-state index contributed by atoms with van der Waals surface area (Å²) in [7, 11) is 0. The van der Waals surface area contributed by atoms with Gasteiger partial charge in [-0.05, 0) is 30.7 Å². The fraction of sp³-hybridized carbons (Fsp3) is 0.273. The lowest BCUT2D eigenvalue weighted by atomic mass is 10.1. The van der Waals surface area contributed by atoms with Crippen molar-refractivity contribution in [3.63, 3.8) is 0 Å². The predicted octanol–water partition coefficient (Wildman–Crippen LogP) is 0.851. The predicted molar refractivity (Wildman–Crippen MR) is 63.2 cm³/mol. The zero-order valence-corrected chi connectivity index (χ0v) is 9.33. The highest BCUT2D eigenvalue weighted by Crippen LogP contribution is 2.19. The van der Waals surface area contributed by atoms with Crippen LogP contribution in [0.1, 0.15) is 12.5 Å². The molecule has 0 radical (unpaired) electrons. The lowest BCUT2D eigenvalue weighted by molar-refractivity contribution is -0.115. The van der Waals surface area contributed by atoms with Crippen LogP contribution in [-0.4, -0.2) is 18.4 Å². The molecule has 0 spiro atoms. The number of aryl methyl sites for hydroxylation is 1. The van der Waals surface area contributed by atoms with Crippen LogP contribution >= 0.6 is 0 Å². The molecule has 16 heavy (non-hydrogen) atoms. The zero-order valence-electron chi connectivity index (χ0n) is 9.33. The Morgan fingerprint density at radius 1 is 1.31 bits per heavy atom. The van der Waals surface area contributed by atoms with Crippen LogP contribution in [0.3, 0.4) is 0 Å². The van der Waals surface area contributed by atoms with E-state index in [2.05, 4.69) is 10.6 Å². The maximum absolute atomic E-state index is 11.0. The number of nitrogens with one attached hydrogen (secondary N) is 2. The number of hydrogen-bond acceptors (Lipinski definition) is 3. The molecule has 0 aliphatic rings. The quantitative estimate of drug-likeness (QED) is 0.707. The average molecular weight is 221 g/mol. The summed E-state index contributed by atoms with van der Waals surface area (Å²) in [6.45, 7) is 3.25. The van der Waals surface area contributed by atoms with Gasteiger partial charge in [0.1, 0.15) is 0 Å². The van der Waals surface area contributed by atoms with Gasteiger partial charge in [-0.2, -0.15) is 0 Å². The third-order valence-electron chi connectivity index (χ3n) is 2.01. The lowest BCUT2D eigenvalue weighted by Gasteiger charge is -2.09. The second-order valence-corrected chi connectivity index (χ2v) is 3.46. The number of rotatable bonds is 3. The Hall–Kier alpha value is -1.88. The summed E-state index contributed by atoms with van der Waals surface area (Å²) >= 11 is 0. The third kappa shape index (κ3) is 3.36. The lowest BCUT2D eigenvalue weighted by Crippen LogP contribution is -2.21. The second-order valence-electron chi connectivity index (χ2n) is 3.46. The molecule has 0 bridgehead atoms. The molecule has 4 N–H and O–H groups in total. The standard InChI is InChI=1S/C11H15N3O2/c1-7-5-9(14-11(16)6-12)3-4-10(7)13-8(2)15/h3-5H,6,12H2,1-2H3,(H,13,15)(H,14,16). The van der Waals surface area contributed by atoms with E-state index < -0.39 is 0 Å². The molecule has 1 aromatic rings. The van der Waals surface area contributed by atoms with Gasteiger partial charge in [0.2, 0.25) is 11.8 Å². The van der Waals surface area contributed by atoms with Crippen LogP contribution in [0.15, 0.2) is 18.2 Å². The minimum absolute atomic E-state index is 0.0491. The third-order valence-corrected chi connectivity index (χ3v) is 2.01. The molecule has 5 heteroatoms. The number of nitrogens with two attached hydrogens (primary N) is 1. The molecule has 0 aliphatic carbocycles. The molecule has 5 nitrogen and oxygen atoms in total. The van der Waals surface area contributed by atoms with Gasteiger partial charge in [-0.15, -0.1) is 0 Å². The van der Waals surface area contributed by atoms with Crippen LogP contribution in [0.2, 0.25) is 0 Å². The maximum atomic E-state index is 11.0. The number of anilines is 2. The molecular weight excluding hydrogens is 206 g/mol. The number of hydrogen-bond donors (Lipinski definition) is 3. The van der Waals surface area contributed by atoms with E-state index in [1.807, 2.05) is 6.92 Å². The molecule has 2 amide bonds. The van der Waals surface area contributed by atoms with Crippen molar-refractivity contribution in [3.8, 4) is 0 Å². The van der Waals surface area contributed by atoms with Crippen LogP contribution in [0.4, 0.5) is 11.4 Å². The normalized spacial score (nSPS) is 9.69. The summed E-state index contributed by atoms with van der Waals surface area (Å²) in [5.74, 6) is -0.367. The summed E-state index contributed by atoms with van der Waals surface area (Å²) in [4.78, 5) is 21.9. The first-order valence-electron chi connectivity index (χ1n) is 4.91. The van der Waals surface area contributed by atoms with Crippen molar-refractivity contribution in [2.75, 3.05) is 17.2 Å². The Morgan fingerprint density at radius 2 is 2.00 bits per heavy atom. The summed E-state index contributed by atoms with van der Waals surface area (Å²) < 4.78 is 0. The maximum Gasteiger partial charge on any atom is 0.238 e. The molecule has 0 saturated heterocycles. The van der Waals surface area contributed by atoms with E-state index in [4.69, 9.17) is 5.73 Å². The van der Waals surface area contributed by atoms with Crippen molar-refractivity contribution in [2.24, 2.45) is 5.73 Å². The zero-order chi connectivity index (χ0) is 12.1. The minimum Gasteiger partial charge on any atom is -0.326 e. The first-order chi connectivity index (χ1) is 7.52. The molecule has 0 aliphatic heterocycles. The van der Waals surface area contributed by atoms with Crippen molar-refractivity contribution in [1.82, 2.24) is 0 Å². The summed E-state index contributed by atoms with van der Waals surface area (Å²) in [6, 6.07) is 5.23. The van der Waals surface area contributed by atoms with E-state index in [-0.39, 0.29) is 18.4 Å². The Bertz CT molecular complexity index is 416. The van der Waals surface area contributed by atoms with Gasteiger partial charge >= 0.3 is 0 Å². The highest BCUT2D eigenvalue weighted by Gasteiger charge is 2.03. The SMILES string of the molecule is CC(=O)Nc1ccc(NC(=O)CN)cc1C. The van der Waals surface area contributed by atoms with Crippen molar-refractivity contribution < 1.29 is 9.59 Å². The van der Waals surface area contributed by atoms with Gasteiger partial charge < -0.3 is 16.4 Å². The number of amides is 2. The topological polar surface area (TPSA) is 84.2 Å². The molecule has 0 heterocycles. The van der Waals surface area contributed by atoms with Gasteiger partial charge in [0.25, 0.3) is 0 Å². The fourth-order valence-corrected chi connectivity index (χ4v) is 1.28. The summed E-state index contributed by atoms with van der Waals surface area (Å²) in [5.41, 5.74) is 7.47. The van der Waals surface area contributed by atoms with Crippen molar-refractivity contribution in [2.45, 2.75) is 13.8 Å². The van der Waals surface area contributed by atoms with E-state index in [9.17, 15) is 9.59 Å². The Labute approximate surface area is 94.0 Å². The largest absolute Gasteiger partial charge is 0.326 e. The van der Waals surface area contributed by atoms with E-state index in [0.717, 1.165) is 11.3 Å². The van der Waals surface area contributed by atoms with Crippen molar-refractivity contribution in [3.05, 3.63) is 23.8 Å². The van der Waals surface area contributed by atoms with E-state index in [1.165, 1.54) is 6.92 Å². The smallest absolute Gasteiger partial charge is 0.238 e. The summed E-state index contributed by atoms with van der Waals surface area (Å²) in [5, 5.41) is 5.33. The Morgan fingerprint density at radius 3 is 2.50 bits per heavy atom. The highest BCUT2D eigenvalue weighted by molar-refractivity contribution is 5.93. The Kier molecular flexibility index (Phi) is 4.02. The summed E-state index contributed by atoms with van der Waals surface area (Å²) in [6.07, 6.45) is 0. The molecule has 0 unspecified atom stereocenters. The average Bonchev–Trinajstić information content (AvgIpc) is 2.21. The number of benzene rings is 1. The van der Waals surface area contributed by atoms with Crippen LogP contribution in [0.25, 0.3) is 0 Å². The van der Waals surface area contributed by atoms with E-state index >= 15 is 0 Å². The first-order valence-corrected chi connectivity index (χ1v) is 4.91. The van der Waals surface area contributed by atoms with Crippen molar-refractivity contribution >= 4 is 23.2 Å². The molecular formula is C11H15N3O2. The molecule has 0 aromatic heterocycles. The highest BCUT2D eigenvalue weighted by atomic mass is 16.2. The molecule has 0 fully saturated rings. The van der Waals surface area contributed by atoms with Crippen molar-refractivity contribution in [1.29, 1.82) is 0 Å².